The molecule has 2 nitrogen and oxygen atoms in total. The van der Waals surface area contributed by atoms with Crippen LogP contribution in [-0.4, -0.2) is 20.2 Å². The molecule has 1 aliphatic rings. The zero-order valence-corrected chi connectivity index (χ0v) is 7.93. The highest BCUT2D eigenvalue weighted by Gasteiger charge is 2.31. The Bertz CT molecular complexity index is 125. The van der Waals surface area contributed by atoms with Gasteiger partial charge in [0.1, 0.15) is 0 Å². The van der Waals surface area contributed by atoms with Gasteiger partial charge in [0.2, 0.25) is 0 Å². The highest BCUT2D eigenvalue weighted by molar-refractivity contribution is 6.77. The lowest BCUT2D eigenvalue weighted by atomic mass is 10.1. The maximum absolute atomic E-state index is 5.86. The average molecular weight is 158 g/mol. The van der Waals surface area contributed by atoms with Crippen molar-refractivity contribution in [3.8, 4) is 0 Å². The topological polar surface area (TPSA) is 52.0 Å². The Hall–Kier alpha value is 0.137. The van der Waals surface area contributed by atoms with Crippen molar-refractivity contribution in [2.75, 3.05) is 0 Å². The second-order valence-corrected chi connectivity index (χ2v) is 9.47. The summed E-state index contributed by atoms with van der Waals surface area (Å²) in [6.07, 6.45) is 1.15. The zero-order chi connectivity index (χ0) is 7.78. The van der Waals surface area contributed by atoms with E-state index in [1.807, 2.05) is 0 Å². The van der Waals surface area contributed by atoms with Crippen molar-refractivity contribution in [3.63, 3.8) is 0 Å². The minimum absolute atomic E-state index is 0.278. The summed E-state index contributed by atoms with van der Waals surface area (Å²) < 4.78 is 0. The third-order valence-corrected chi connectivity index (χ3v) is 5.71. The fourth-order valence-electron chi connectivity index (χ4n) is 1.66. The Balaban J connectivity index is 2.49. The third kappa shape index (κ3) is 1.81. The molecule has 1 rings (SSSR count). The van der Waals surface area contributed by atoms with Gasteiger partial charge in [0.05, 0.1) is 0 Å². The minimum atomic E-state index is -0.900. The van der Waals surface area contributed by atoms with E-state index in [1.165, 1.54) is 12.1 Å². The number of nitrogens with two attached hydrogens (primary N) is 2. The fraction of sp³-hybridized carbons (Fsp3) is 1.00. The number of hydrogen-bond acceptors (Lipinski definition) is 2. The largest absolute Gasteiger partial charge is 0.327 e. The van der Waals surface area contributed by atoms with Crippen LogP contribution in [0.1, 0.15) is 6.42 Å². The van der Waals surface area contributed by atoms with Gasteiger partial charge in [-0.15, -0.1) is 0 Å². The molecule has 0 radical (unpaired) electrons. The van der Waals surface area contributed by atoms with E-state index < -0.39 is 8.07 Å². The second kappa shape index (κ2) is 2.64. The van der Waals surface area contributed by atoms with E-state index in [-0.39, 0.29) is 12.1 Å². The van der Waals surface area contributed by atoms with Gasteiger partial charge in [0.15, 0.2) is 0 Å². The molecule has 1 heterocycles. The lowest BCUT2D eigenvalue weighted by Gasteiger charge is -2.35. The zero-order valence-electron chi connectivity index (χ0n) is 6.93. The van der Waals surface area contributed by atoms with E-state index in [1.54, 1.807) is 0 Å². The van der Waals surface area contributed by atoms with Crippen LogP contribution in [0, 0.1) is 0 Å². The van der Waals surface area contributed by atoms with E-state index in [2.05, 4.69) is 13.1 Å². The summed E-state index contributed by atoms with van der Waals surface area (Å²) in [5.74, 6) is 0. The van der Waals surface area contributed by atoms with Crippen LogP contribution in [0.25, 0.3) is 0 Å². The van der Waals surface area contributed by atoms with Gasteiger partial charge >= 0.3 is 0 Å². The van der Waals surface area contributed by atoms with Crippen molar-refractivity contribution < 1.29 is 0 Å². The molecule has 3 heteroatoms. The molecule has 0 aromatic heterocycles. The van der Waals surface area contributed by atoms with Crippen molar-refractivity contribution in [1.82, 2.24) is 0 Å². The van der Waals surface area contributed by atoms with E-state index in [0.29, 0.717) is 0 Å². The van der Waals surface area contributed by atoms with Gasteiger partial charge in [-0.05, 0) is 12.5 Å². The van der Waals surface area contributed by atoms with Crippen molar-refractivity contribution in [2.45, 2.75) is 43.7 Å². The van der Waals surface area contributed by atoms with Crippen LogP contribution in [-0.2, 0) is 0 Å². The molecule has 0 aromatic carbocycles. The maximum atomic E-state index is 5.86. The number of rotatable bonds is 0. The number of hydrogen-bond donors (Lipinski definition) is 2. The highest BCUT2D eigenvalue weighted by atomic mass is 28.3. The van der Waals surface area contributed by atoms with Crippen molar-refractivity contribution >= 4 is 8.07 Å². The predicted octanol–water partition coefficient (Wildman–Crippen LogP) is 0.753. The summed E-state index contributed by atoms with van der Waals surface area (Å²) in [6, 6.07) is 3.15. The molecule has 0 bridgehead atoms. The van der Waals surface area contributed by atoms with Crippen molar-refractivity contribution in [3.05, 3.63) is 0 Å². The summed E-state index contributed by atoms with van der Waals surface area (Å²) in [5.41, 5.74) is 11.7. The Morgan fingerprint density at radius 1 is 1.20 bits per heavy atom. The first-order chi connectivity index (χ1) is 4.51. The lowest BCUT2D eigenvalue weighted by Crippen LogP contribution is -2.51. The van der Waals surface area contributed by atoms with Crippen LogP contribution in [0.5, 0.6) is 0 Å². The van der Waals surface area contributed by atoms with Gasteiger partial charge in [-0.2, -0.15) is 0 Å². The molecule has 0 unspecified atom stereocenters. The van der Waals surface area contributed by atoms with Gasteiger partial charge in [-0.25, -0.2) is 0 Å². The lowest BCUT2D eigenvalue weighted by molar-refractivity contribution is 0.514. The smallest absolute Gasteiger partial charge is 0.0490 e. The molecule has 1 fully saturated rings. The first kappa shape index (κ1) is 8.24. The first-order valence-corrected chi connectivity index (χ1v) is 7.44. The summed E-state index contributed by atoms with van der Waals surface area (Å²) in [4.78, 5) is 0. The van der Waals surface area contributed by atoms with Gasteiger partial charge in [0, 0.05) is 20.2 Å². The second-order valence-electron chi connectivity index (χ2n) is 4.23. The van der Waals surface area contributed by atoms with Crippen LogP contribution >= 0.6 is 0 Å². The predicted molar refractivity (Wildman–Crippen MR) is 47.7 cm³/mol. The molecule has 0 aliphatic carbocycles. The SMILES string of the molecule is C[Si]1(C)CC[C@@H](N)[C@H](N)C1. The molecule has 1 saturated heterocycles. The summed E-state index contributed by atoms with van der Waals surface area (Å²) in [6.45, 7) is 4.80. The summed E-state index contributed by atoms with van der Waals surface area (Å²) in [5, 5.41) is 0. The van der Waals surface area contributed by atoms with Gasteiger partial charge in [0.25, 0.3) is 0 Å². The summed E-state index contributed by atoms with van der Waals surface area (Å²) >= 11 is 0. The normalized spacial score (nSPS) is 39.6. The van der Waals surface area contributed by atoms with Crippen molar-refractivity contribution in [1.29, 1.82) is 0 Å². The molecular formula is C7H18N2Si. The Kier molecular flexibility index (Phi) is 2.17. The molecule has 2 atom stereocenters. The Morgan fingerprint density at radius 3 is 2.20 bits per heavy atom. The van der Waals surface area contributed by atoms with E-state index in [9.17, 15) is 0 Å². The van der Waals surface area contributed by atoms with E-state index >= 15 is 0 Å². The molecule has 0 saturated carbocycles. The Labute approximate surface area is 64.0 Å². The molecule has 1 aliphatic heterocycles. The third-order valence-electron chi connectivity index (χ3n) is 2.49. The quantitative estimate of drug-likeness (QED) is 0.511. The van der Waals surface area contributed by atoms with Crippen molar-refractivity contribution in [2.24, 2.45) is 11.5 Å². The monoisotopic (exact) mass is 158 g/mol. The van der Waals surface area contributed by atoms with Gasteiger partial charge in [-0.3, -0.25) is 0 Å². The Morgan fingerprint density at radius 2 is 1.80 bits per heavy atom. The maximum Gasteiger partial charge on any atom is 0.0490 e. The first-order valence-electron chi connectivity index (χ1n) is 4.02. The molecule has 4 N–H and O–H groups in total. The van der Waals surface area contributed by atoms with E-state index in [0.717, 1.165) is 6.42 Å². The molecule has 0 spiro atoms. The van der Waals surface area contributed by atoms with Crippen LogP contribution in [0.4, 0.5) is 0 Å². The fourth-order valence-corrected chi connectivity index (χ4v) is 4.56. The van der Waals surface area contributed by atoms with E-state index in [4.69, 9.17) is 11.5 Å². The van der Waals surface area contributed by atoms with Crippen LogP contribution in [0.2, 0.25) is 25.2 Å². The standard InChI is InChI=1S/C7H18N2Si/c1-10(2)4-3-6(8)7(9)5-10/h6-7H,3-5,8-9H2,1-2H3/t6-,7-/m1/s1. The molecular weight excluding hydrogens is 140 g/mol. The minimum Gasteiger partial charge on any atom is -0.327 e. The van der Waals surface area contributed by atoms with Gasteiger partial charge in [-0.1, -0.05) is 19.1 Å². The summed E-state index contributed by atoms with van der Waals surface area (Å²) in [7, 11) is -0.900. The molecule has 0 aromatic rings. The molecule has 10 heavy (non-hydrogen) atoms. The van der Waals surface area contributed by atoms with Crippen LogP contribution in [0.15, 0.2) is 0 Å². The molecule has 0 amide bonds. The van der Waals surface area contributed by atoms with Crippen LogP contribution in [0.3, 0.4) is 0 Å². The van der Waals surface area contributed by atoms with Gasteiger partial charge < -0.3 is 11.5 Å². The highest BCUT2D eigenvalue weighted by Crippen LogP contribution is 2.26. The molecule has 60 valence electrons. The average Bonchev–Trinajstić information content (AvgIpc) is 1.79. The van der Waals surface area contributed by atoms with Crippen LogP contribution < -0.4 is 11.5 Å².